The third-order valence-electron chi connectivity index (χ3n) is 2.66. The molecule has 2 aromatic rings. The molecule has 0 atom stereocenters. The van der Waals surface area contributed by atoms with Crippen LogP contribution in [0.3, 0.4) is 0 Å². The molecular formula is C14H14N4O. The van der Waals surface area contributed by atoms with Gasteiger partial charge >= 0.3 is 0 Å². The van der Waals surface area contributed by atoms with Crippen LogP contribution >= 0.6 is 0 Å². The fourth-order valence-electron chi connectivity index (χ4n) is 1.69. The average molecular weight is 254 g/mol. The summed E-state index contributed by atoms with van der Waals surface area (Å²) in [4.78, 5) is 4.14. The molecule has 5 nitrogen and oxygen atoms in total. The summed E-state index contributed by atoms with van der Waals surface area (Å²) in [5, 5.41) is 11.9. The van der Waals surface area contributed by atoms with E-state index in [0.29, 0.717) is 23.6 Å². The zero-order chi connectivity index (χ0) is 13.7. The molecule has 1 aromatic carbocycles. The van der Waals surface area contributed by atoms with E-state index in [2.05, 4.69) is 10.3 Å². The number of anilines is 2. The Bertz CT molecular complexity index is 602. The highest BCUT2D eigenvalue weighted by Crippen LogP contribution is 2.21. The van der Waals surface area contributed by atoms with E-state index in [1.54, 1.807) is 25.3 Å². The average Bonchev–Trinajstić information content (AvgIpc) is 2.46. The Morgan fingerprint density at radius 1 is 1.37 bits per heavy atom. The van der Waals surface area contributed by atoms with E-state index in [-0.39, 0.29) is 0 Å². The number of ether oxygens (including phenoxy) is 1. The predicted molar refractivity (Wildman–Crippen MR) is 73.7 cm³/mol. The third-order valence-corrected chi connectivity index (χ3v) is 2.66. The highest BCUT2D eigenvalue weighted by atomic mass is 16.5. The highest BCUT2D eigenvalue weighted by molar-refractivity contribution is 5.49. The van der Waals surface area contributed by atoms with Crippen molar-refractivity contribution < 1.29 is 4.74 Å². The number of nitrogen functional groups attached to an aromatic ring is 1. The number of hydrogen-bond donors (Lipinski definition) is 2. The van der Waals surface area contributed by atoms with Crippen molar-refractivity contribution in [2.75, 3.05) is 18.2 Å². The van der Waals surface area contributed by atoms with Crippen molar-refractivity contribution in [3.05, 3.63) is 47.7 Å². The van der Waals surface area contributed by atoms with E-state index in [1.807, 2.05) is 18.2 Å². The van der Waals surface area contributed by atoms with Crippen molar-refractivity contribution in [2.24, 2.45) is 0 Å². The van der Waals surface area contributed by atoms with Gasteiger partial charge in [-0.05, 0) is 30.3 Å². The summed E-state index contributed by atoms with van der Waals surface area (Å²) in [6, 6.07) is 11.0. The standard InChI is InChI=1S/C14H14N4O/c1-19-13-4-3-12(16)6-11(13)9-18-14-5-2-10(7-15)8-17-14/h2-6,8H,9,16H2,1H3,(H,17,18). The second kappa shape index (κ2) is 5.74. The van der Waals surface area contributed by atoms with Crippen molar-refractivity contribution in [1.82, 2.24) is 4.98 Å². The summed E-state index contributed by atoms with van der Waals surface area (Å²) in [5.74, 6) is 1.47. The van der Waals surface area contributed by atoms with E-state index in [4.69, 9.17) is 15.7 Å². The lowest BCUT2D eigenvalue weighted by Crippen LogP contribution is -2.04. The molecule has 1 heterocycles. The summed E-state index contributed by atoms with van der Waals surface area (Å²) < 4.78 is 5.27. The molecule has 0 aliphatic carbocycles. The fourth-order valence-corrected chi connectivity index (χ4v) is 1.69. The molecule has 0 spiro atoms. The molecule has 0 saturated carbocycles. The first-order chi connectivity index (χ1) is 9.22. The molecule has 0 aliphatic rings. The molecule has 2 rings (SSSR count). The molecule has 0 bridgehead atoms. The molecule has 0 radical (unpaired) electrons. The molecule has 0 amide bonds. The Balaban J connectivity index is 2.09. The van der Waals surface area contributed by atoms with Gasteiger partial charge in [0, 0.05) is 24.0 Å². The summed E-state index contributed by atoms with van der Waals surface area (Å²) in [6.07, 6.45) is 1.53. The topological polar surface area (TPSA) is 84.0 Å². The van der Waals surface area contributed by atoms with Crippen LogP contribution in [-0.4, -0.2) is 12.1 Å². The van der Waals surface area contributed by atoms with E-state index in [1.165, 1.54) is 6.20 Å². The van der Waals surface area contributed by atoms with Crippen molar-refractivity contribution >= 4 is 11.5 Å². The summed E-state index contributed by atoms with van der Waals surface area (Å²) in [5.41, 5.74) is 7.93. The predicted octanol–water partition coefficient (Wildman–Crippen LogP) is 2.16. The Labute approximate surface area is 111 Å². The maximum Gasteiger partial charge on any atom is 0.126 e. The van der Waals surface area contributed by atoms with Gasteiger partial charge in [-0.1, -0.05) is 0 Å². The van der Waals surface area contributed by atoms with E-state index < -0.39 is 0 Å². The lowest BCUT2D eigenvalue weighted by molar-refractivity contribution is 0.410. The van der Waals surface area contributed by atoms with Crippen molar-refractivity contribution in [2.45, 2.75) is 6.54 Å². The molecular weight excluding hydrogens is 240 g/mol. The van der Waals surface area contributed by atoms with Gasteiger partial charge in [0.25, 0.3) is 0 Å². The van der Waals surface area contributed by atoms with Gasteiger partial charge in [0.15, 0.2) is 0 Å². The number of pyridine rings is 1. The first-order valence-corrected chi connectivity index (χ1v) is 5.75. The molecule has 1 aromatic heterocycles. The number of aromatic nitrogens is 1. The van der Waals surface area contributed by atoms with Gasteiger partial charge in [0.1, 0.15) is 17.6 Å². The summed E-state index contributed by atoms with van der Waals surface area (Å²) in [6.45, 7) is 0.549. The second-order valence-electron chi connectivity index (χ2n) is 3.97. The third kappa shape index (κ3) is 3.13. The van der Waals surface area contributed by atoms with Crippen LogP contribution in [0.1, 0.15) is 11.1 Å². The first-order valence-electron chi connectivity index (χ1n) is 5.75. The highest BCUT2D eigenvalue weighted by Gasteiger charge is 2.03. The zero-order valence-corrected chi connectivity index (χ0v) is 10.6. The van der Waals surface area contributed by atoms with Gasteiger partial charge in [0.05, 0.1) is 12.7 Å². The Morgan fingerprint density at radius 2 is 2.21 bits per heavy atom. The number of nitrogens with two attached hydrogens (primary N) is 1. The summed E-state index contributed by atoms with van der Waals surface area (Å²) >= 11 is 0. The second-order valence-corrected chi connectivity index (χ2v) is 3.97. The molecule has 0 saturated heterocycles. The first kappa shape index (κ1) is 12.7. The largest absolute Gasteiger partial charge is 0.496 e. The Morgan fingerprint density at radius 3 is 2.84 bits per heavy atom. The molecule has 0 fully saturated rings. The number of methoxy groups -OCH3 is 1. The minimum Gasteiger partial charge on any atom is -0.496 e. The van der Waals surface area contributed by atoms with Gasteiger partial charge in [-0.2, -0.15) is 5.26 Å². The number of nitrogens with one attached hydrogen (secondary N) is 1. The minimum atomic E-state index is 0.534. The molecule has 3 N–H and O–H groups in total. The Kier molecular flexibility index (Phi) is 3.84. The van der Waals surface area contributed by atoms with Gasteiger partial charge in [-0.25, -0.2) is 4.98 Å². The van der Waals surface area contributed by atoms with Crippen molar-refractivity contribution in [3.8, 4) is 11.8 Å². The molecule has 0 aliphatic heterocycles. The van der Waals surface area contributed by atoms with E-state index >= 15 is 0 Å². The van der Waals surface area contributed by atoms with Gasteiger partial charge in [-0.3, -0.25) is 0 Å². The normalized spacial score (nSPS) is 9.68. The number of nitrogens with zero attached hydrogens (tertiary/aromatic N) is 2. The number of rotatable bonds is 4. The molecule has 19 heavy (non-hydrogen) atoms. The fraction of sp³-hybridized carbons (Fsp3) is 0.143. The van der Waals surface area contributed by atoms with Crippen LogP contribution in [0.5, 0.6) is 5.75 Å². The Hall–Kier alpha value is -2.74. The lowest BCUT2D eigenvalue weighted by Gasteiger charge is -2.10. The SMILES string of the molecule is COc1ccc(N)cc1CNc1ccc(C#N)cn1. The van der Waals surface area contributed by atoms with Gasteiger partial charge in [0.2, 0.25) is 0 Å². The molecule has 5 heteroatoms. The smallest absolute Gasteiger partial charge is 0.126 e. The number of benzene rings is 1. The maximum absolute atomic E-state index is 8.69. The van der Waals surface area contributed by atoms with E-state index in [9.17, 15) is 0 Å². The summed E-state index contributed by atoms with van der Waals surface area (Å²) in [7, 11) is 1.62. The molecule has 96 valence electrons. The maximum atomic E-state index is 8.69. The monoisotopic (exact) mass is 254 g/mol. The van der Waals surface area contributed by atoms with Crippen LogP contribution in [0.15, 0.2) is 36.5 Å². The van der Waals surface area contributed by atoms with Crippen LogP contribution in [0.25, 0.3) is 0 Å². The molecule has 0 unspecified atom stereocenters. The van der Waals surface area contributed by atoms with Crippen LogP contribution in [0, 0.1) is 11.3 Å². The van der Waals surface area contributed by atoms with Crippen LogP contribution < -0.4 is 15.8 Å². The minimum absolute atomic E-state index is 0.534. The zero-order valence-electron chi connectivity index (χ0n) is 10.6. The number of nitriles is 1. The van der Waals surface area contributed by atoms with Crippen LogP contribution in [0.2, 0.25) is 0 Å². The van der Waals surface area contributed by atoms with Gasteiger partial charge < -0.3 is 15.8 Å². The van der Waals surface area contributed by atoms with Crippen LogP contribution in [0.4, 0.5) is 11.5 Å². The van der Waals surface area contributed by atoms with Crippen molar-refractivity contribution in [3.63, 3.8) is 0 Å². The van der Waals surface area contributed by atoms with E-state index in [0.717, 1.165) is 11.3 Å². The van der Waals surface area contributed by atoms with Crippen LogP contribution in [-0.2, 0) is 6.54 Å². The van der Waals surface area contributed by atoms with Crippen molar-refractivity contribution in [1.29, 1.82) is 5.26 Å². The number of hydrogen-bond acceptors (Lipinski definition) is 5. The quantitative estimate of drug-likeness (QED) is 0.817. The lowest BCUT2D eigenvalue weighted by atomic mass is 10.1. The van der Waals surface area contributed by atoms with Gasteiger partial charge in [-0.15, -0.1) is 0 Å².